The van der Waals surface area contributed by atoms with Crippen molar-refractivity contribution in [3.8, 4) is 5.88 Å². The molecule has 3 rings (SSSR count). The Hall–Kier alpha value is -2.60. The van der Waals surface area contributed by atoms with Crippen LogP contribution in [0.1, 0.15) is 11.4 Å². The average Bonchev–Trinajstić information content (AvgIpc) is 2.67. The van der Waals surface area contributed by atoms with Crippen LogP contribution < -0.4 is 9.64 Å². The average molecular weight is 373 g/mol. The fourth-order valence-electron chi connectivity index (χ4n) is 2.79. The first-order chi connectivity index (χ1) is 12.5. The number of anilines is 1. The molecule has 0 spiro atoms. The van der Waals surface area contributed by atoms with Crippen LogP contribution >= 0.6 is 11.6 Å². The predicted octanol–water partition coefficient (Wildman–Crippen LogP) is 2.81. The van der Waals surface area contributed by atoms with Crippen LogP contribution in [0.2, 0.25) is 5.02 Å². The molecule has 26 heavy (non-hydrogen) atoms. The quantitative estimate of drug-likeness (QED) is 0.772. The third-order valence-corrected chi connectivity index (χ3v) is 4.47. The second-order valence-electron chi connectivity index (χ2n) is 6.01. The predicted molar refractivity (Wildman–Crippen MR) is 103 cm³/mol. The molecule has 1 aliphatic heterocycles. The van der Waals surface area contributed by atoms with Gasteiger partial charge in [0.2, 0.25) is 11.8 Å². The Bertz CT molecular complexity index is 800. The molecule has 0 saturated carbocycles. The van der Waals surface area contributed by atoms with Gasteiger partial charge in [0.05, 0.1) is 7.11 Å². The number of piperazine rings is 1. The number of rotatable bonds is 4. The molecule has 1 saturated heterocycles. The molecule has 0 aliphatic carbocycles. The molecule has 136 valence electrons. The minimum atomic E-state index is 0.0102. The van der Waals surface area contributed by atoms with Crippen molar-refractivity contribution in [2.45, 2.75) is 6.92 Å². The zero-order valence-corrected chi connectivity index (χ0v) is 15.6. The summed E-state index contributed by atoms with van der Waals surface area (Å²) < 4.78 is 5.21. The second kappa shape index (κ2) is 8.19. The van der Waals surface area contributed by atoms with E-state index in [1.54, 1.807) is 13.2 Å². The van der Waals surface area contributed by atoms with Gasteiger partial charge < -0.3 is 14.5 Å². The molecule has 1 aromatic carbocycles. The van der Waals surface area contributed by atoms with Crippen LogP contribution in [0.3, 0.4) is 0 Å². The molecular formula is C19H21ClN4O2. The van der Waals surface area contributed by atoms with E-state index in [9.17, 15) is 4.79 Å². The van der Waals surface area contributed by atoms with Gasteiger partial charge in [-0.05, 0) is 30.7 Å². The van der Waals surface area contributed by atoms with E-state index < -0.39 is 0 Å². The molecule has 0 atom stereocenters. The Labute approximate surface area is 158 Å². The maximum atomic E-state index is 12.4. The molecule has 0 unspecified atom stereocenters. The molecule has 2 heterocycles. The maximum absolute atomic E-state index is 12.4. The lowest BCUT2D eigenvalue weighted by Crippen LogP contribution is -2.48. The highest BCUT2D eigenvalue weighted by Crippen LogP contribution is 2.19. The van der Waals surface area contributed by atoms with E-state index in [2.05, 4.69) is 14.9 Å². The number of ether oxygens (including phenoxy) is 1. The molecule has 1 fully saturated rings. The van der Waals surface area contributed by atoms with Crippen LogP contribution in [0.15, 0.2) is 36.4 Å². The number of halogens is 1. The van der Waals surface area contributed by atoms with Crippen molar-refractivity contribution in [2.75, 3.05) is 38.2 Å². The van der Waals surface area contributed by atoms with Crippen molar-refractivity contribution in [2.24, 2.45) is 0 Å². The molecule has 2 aromatic rings. The SMILES string of the molecule is COc1cc(N2CCN(C(=O)/C=C/c3ccc(Cl)cc3)CC2)nc(C)n1. The highest BCUT2D eigenvalue weighted by molar-refractivity contribution is 6.30. The Morgan fingerprint density at radius 1 is 1.15 bits per heavy atom. The number of hydrogen-bond donors (Lipinski definition) is 0. The lowest BCUT2D eigenvalue weighted by Gasteiger charge is -2.35. The number of benzene rings is 1. The van der Waals surface area contributed by atoms with Crippen molar-refractivity contribution >= 4 is 29.4 Å². The first-order valence-corrected chi connectivity index (χ1v) is 8.80. The van der Waals surface area contributed by atoms with E-state index in [1.165, 1.54) is 0 Å². The van der Waals surface area contributed by atoms with E-state index in [1.807, 2.05) is 48.2 Å². The molecule has 6 nitrogen and oxygen atoms in total. The normalized spacial score (nSPS) is 14.7. The molecule has 0 radical (unpaired) electrons. The van der Waals surface area contributed by atoms with Gasteiger partial charge in [0, 0.05) is 43.3 Å². The Morgan fingerprint density at radius 3 is 2.50 bits per heavy atom. The standard InChI is InChI=1S/C19H21ClN4O2/c1-14-21-17(13-18(22-14)26-2)23-9-11-24(12-10-23)19(25)8-5-15-3-6-16(20)7-4-15/h3-8,13H,9-12H2,1-2H3/b8-5+. The summed E-state index contributed by atoms with van der Waals surface area (Å²) in [5, 5.41) is 0.682. The van der Waals surface area contributed by atoms with Crippen molar-refractivity contribution in [1.29, 1.82) is 0 Å². The first kappa shape index (κ1) is 18.2. The Balaban J connectivity index is 1.58. The van der Waals surface area contributed by atoms with Gasteiger partial charge >= 0.3 is 0 Å². The molecular weight excluding hydrogens is 352 g/mol. The Kier molecular flexibility index (Phi) is 5.73. The smallest absolute Gasteiger partial charge is 0.246 e. The minimum Gasteiger partial charge on any atom is -0.481 e. The number of amides is 1. The third-order valence-electron chi connectivity index (χ3n) is 4.21. The van der Waals surface area contributed by atoms with Crippen molar-refractivity contribution in [3.05, 3.63) is 52.8 Å². The number of aryl methyl sites for hydroxylation is 1. The Morgan fingerprint density at radius 2 is 1.85 bits per heavy atom. The van der Waals surface area contributed by atoms with Gasteiger partial charge in [-0.25, -0.2) is 4.98 Å². The van der Waals surface area contributed by atoms with Crippen LogP contribution in [-0.2, 0) is 4.79 Å². The summed E-state index contributed by atoms with van der Waals surface area (Å²) in [7, 11) is 1.59. The molecule has 7 heteroatoms. The summed E-state index contributed by atoms with van der Waals surface area (Å²) in [5.74, 6) is 2.06. The molecule has 1 aromatic heterocycles. The van der Waals surface area contributed by atoms with E-state index in [0.717, 1.165) is 24.5 Å². The summed E-state index contributed by atoms with van der Waals surface area (Å²) in [6.45, 7) is 4.58. The second-order valence-corrected chi connectivity index (χ2v) is 6.45. The highest BCUT2D eigenvalue weighted by Gasteiger charge is 2.21. The number of carbonyl (C=O) groups excluding carboxylic acids is 1. The molecule has 1 aliphatic rings. The summed E-state index contributed by atoms with van der Waals surface area (Å²) in [6.07, 6.45) is 3.42. The first-order valence-electron chi connectivity index (χ1n) is 8.42. The number of hydrogen-bond acceptors (Lipinski definition) is 5. The van der Waals surface area contributed by atoms with Gasteiger partial charge in [0.15, 0.2) is 0 Å². The zero-order valence-electron chi connectivity index (χ0n) is 14.9. The van der Waals surface area contributed by atoms with E-state index in [-0.39, 0.29) is 5.91 Å². The van der Waals surface area contributed by atoms with Crippen LogP contribution in [0.5, 0.6) is 5.88 Å². The van der Waals surface area contributed by atoms with Gasteiger partial charge in [-0.2, -0.15) is 4.98 Å². The van der Waals surface area contributed by atoms with Crippen molar-refractivity contribution < 1.29 is 9.53 Å². The monoisotopic (exact) mass is 372 g/mol. The van der Waals surface area contributed by atoms with Gasteiger partial charge in [-0.1, -0.05) is 23.7 Å². The van der Waals surface area contributed by atoms with Crippen LogP contribution in [0.4, 0.5) is 5.82 Å². The fraction of sp³-hybridized carbons (Fsp3) is 0.316. The summed E-state index contributed by atoms with van der Waals surface area (Å²) >= 11 is 5.87. The van der Waals surface area contributed by atoms with E-state index in [4.69, 9.17) is 16.3 Å². The lowest BCUT2D eigenvalue weighted by molar-refractivity contribution is -0.126. The fourth-order valence-corrected chi connectivity index (χ4v) is 2.92. The number of carbonyl (C=O) groups is 1. The van der Waals surface area contributed by atoms with Gasteiger partial charge in [-0.15, -0.1) is 0 Å². The highest BCUT2D eigenvalue weighted by atomic mass is 35.5. The van der Waals surface area contributed by atoms with Gasteiger partial charge in [0.1, 0.15) is 11.6 Å². The molecule has 0 N–H and O–H groups in total. The molecule has 0 bridgehead atoms. The number of aromatic nitrogens is 2. The third kappa shape index (κ3) is 4.52. The zero-order chi connectivity index (χ0) is 18.5. The van der Waals surface area contributed by atoms with Crippen LogP contribution in [0.25, 0.3) is 6.08 Å². The van der Waals surface area contributed by atoms with Crippen LogP contribution in [-0.4, -0.2) is 54.1 Å². The van der Waals surface area contributed by atoms with Crippen molar-refractivity contribution in [1.82, 2.24) is 14.9 Å². The van der Waals surface area contributed by atoms with E-state index in [0.29, 0.717) is 29.8 Å². The molecule has 1 amide bonds. The van der Waals surface area contributed by atoms with E-state index >= 15 is 0 Å². The van der Waals surface area contributed by atoms with Crippen LogP contribution in [0, 0.1) is 6.92 Å². The number of methoxy groups -OCH3 is 1. The topological polar surface area (TPSA) is 58.6 Å². The minimum absolute atomic E-state index is 0.0102. The van der Waals surface area contributed by atoms with Gasteiger partial charge in [0.25, 0.3) is 0 Å². The lowest BCUT2D eigenvalue weighted by atomic mass is 10.2. The summed E-state index contributed by atoms with van der Waals surface area (Å²) in [4.78, 5) is 25.0. The summed E-state index contributed by atoms with van der Waals surface area (Å²) in [6, 6.07) is 9.21. The van der Waals surface area contributed by atoms with Gasteiger partial charge in [-0.3, -0.25) is 4.79 Å². The number of nitrogens with zero attached hydrogens (tertiary/aromatic N) is 4. The van der Waals surface area contributed by atoms with Crippen molar-refractivity contribution in [3.63, 3.8) is 0 Å². The summed E-state index contributed by atoms with van der Waals surface area (Å²) in [5.41, 5.74) is 0.949. The maximum Gasteiger partial charge on any atom is 0.246 e. The largest absolute Gasteiger partial charge is 0.481 e.